The van der Waals surface area contributed by atoms with Gasteiger partial charge in [-0.25, -0.2) is 9.59 Å². The van der Waals surface area contributed by atoms with E-state index in [0.29, 0.717) is 11.6 Å². The summed E-state index contributed by atoms with van der Waals surface area (Å²) in [6, 6.07) is 0. The molecule has 0 aromatic heterocycles. The molecule has 6 nitrogen and oxygen atoms in total. The van der Waals surface area contributed by atoms with E-state index in [9.17, 15) is 9.59 Å². The summed E-state index contributed by atoms with van der Waals surface area (Å²) in [4.78, 5) is 22.8. The molecule has 0 radical (unpaired) electrons. The van der Waals surface area contributed by atoms with Crippen molar-refractivity contribution >= 4 is 24.0 Å². The molecule has 0 aromatic carbocycles. The predicted molar refractivity (Wildman–Crippen MR) is 49.1 cm³/mol. The molecule has 1 N–H and O–H groups in total. The van der Waals surface area contributed by atoms with Gasteiger partial charge < -0.3 is 14.6 Å². The Morgan fingerprint density at radius 3 is 2.93 bits per heavy atom. The smallest absolute Gasteiger partial charge is 0.450 e. The van der Waals surface area contributed by atoms with Crippen molar-refractivity contribution in [3.63, 3.8) is 0 Å². The normalized spacial score (nSPS) is 20.6. The van der Waals surface area contributed by atoms with Gasteiger partial charge in [0.15, 0.2) is 6.23 Å². The second-order valence-corrected chi connectivity index (χ2v) is 3.51. The first-order valence-electron chi connectivity index (χ1n) is 4.06. The fraction of sp³-hybridized carbons (Fsp3) is 0.714. The Bertz CT molecular complexity index is 234. The van der Waals surface area contributed by atoms with Crippen LogP contribution >= 0.6 is 11.8 Å². The topological polar surface area (TPSA) is 76.1 Å². The van der Waals surface area contributed by atoms with Crippen LogP contribution in [0, 0.1) is 0 Å². The molecule has 1 atom stereocenters. The summed E-state index contributed by atoms with van der Waals surface area (Å²) in [5, 5.41) is 8.39. The lowest BCUT2D eigenvalue weighted by atomic mass is 10.6. The maximum Gasteiger partial charge on any atom is 0.507 e. The summed E-state index contributed by atoms with van der Waals surface area (Å²) in [7, 11) is 0. The van der Waals surface area contributed by atoms with Gasteiger partial charge in [-0.1, -0.05) is 0 Å². The summed E-state index contributed by atoms with van der Waals surface area (Å²) in [5.74, 6) is 0.849. The average Bonchev–Trinajstić information content (AvgIpc) is 2.51. The van der Waals surface area contributed by atoms with Crippen molar-refractivity contribution in [1.82, 2.24) is 4.90 Å². The first kappa shape index (κ1) is 11.0. The van der Waals surface area contributed by atoms with E-state index in [-0.39, 0.29) is 6.61 Å². The highest BCUT2D eigenvalue weighted by Crippen LogP contribution is 2.22. The summed E-state index contributed by atoms with van der Waals surface area (Å²) >= 11 is 1.42. The Hall–Kier alpha value is -1.11. The number of hydrogen-bond donors (Lipinski definition) is 1. The second-order valence-electron chi connectivity index (χ2n) is 2.51. The minimum absolute atomic E-state index is 0.264. The fourth-order valence-electron chi connectivity index (χ4n) is 1.02. The third kappa shape index (κ3) is 2.69. The molecule has 1 unspecified atom stereocenters. The number of rotatable bonds is 2. The molecule has 1 saturated heterocycles. The number of carbonyl (C=O) groups is 2. The molecule has 0 saturated carbocycles. The van der Waals surface area contributed by atoms with Crippen LogP contribution in [0.2, 0.25) is 0 Å². The SMILES string of the molecule is CCOC(=O)N1CSCC1OC(=O)O. The number of carboxylic acid groups (broad SMARTS) is 1. The number of carbonyl (C=O) groups excluding carboxylic acids is 1. The molecule has 1 heterocycles. The molecule has 1 aliphatic heterocycles. The average molecular weight is 221 g/mol. The summed E-state index contributed by atoms with van der Waals surface area (Å²) < 4.78 is 9.25. The van der Waals surface area contributed by atoms with Gasteiger partial charge >= 0.3 is 12.2 Å². The minimum Gasteiger partial charge on any atom is -0.450 e. The first-order valence-corrected chi connectivity index (χ1v) is 5.21. The van der Waals surface area contributed by atoms with Gasteiger partial charge in [-0.15, -0.1) is 11.8 Å². The molecule has 14 heavy (non-hydrogen) atoms. The summed E-state index contributed by atoms with van der Waals surface area (Å²) in [5.41, 5.74) is 0. The van der Waals surface area contributed by atoms with Crippen LogP contribution < -0.4 is 0 Å². The highest BCUT2D eigenvalue weighted by atomic mass is 32.2. The Balaban J connectivity index is 2.50. The first-order chi connectivity index (χ1) is 6.65. The number of thioether (sulfide) groups is 1. The van der Waals surface area contributed by atoms with Crippen molar-refractivity contribution in [3.05, 3.63) is 0 Å². The zero-order chi connectivity index (χ0) is 10.6. The van der Waals surface area contributed by atoms with E-state index in [2.05, 4.69) is 4.74 Å². The van der Waals surface area contributed by atoms with Crippen LogP contribution in [0.4, 0.5) is 9.59 Å². The standard InChI is InChI=1S/C7H11NO5S/c1-2-12-6(9)8-4-14-3-5(8)13-7(10)11/h5H,2-4H2,1H3,(H,10,11). The van der Waals surface area contributed by atoms with Crippen molar-refractivity contribution < 1.29 is 24.2 Å². The zero-order valence-electron chi connectivity index (χ0n) is 7.63. The van der Waals surface area contributed by atoms with E-state index in [4.69, 9.17) is 9.84 Å². The van der Waals surface area contributed by atoms with Gasteiger partial charge in [-0.2, -0.15) is 0 Å². The van der Waals surface area contributed by atoms with Crippen LogP contribution in [0.3, 0.4) is 0 Å². The van der Waals surface area contributed by atoms with E-state index >= 15 is 0 Å². The van der Waals surface area contributed by atoms with Crippen molar-refractivity contribution in [2.75, 3.05) is 18.2 Å². The number of ether oxygens (including phenoxy) is 2. The summed E-state index contributed by atoms with van der Waals surface area (Å²) in [6.07, 6.45) is -2.65. The van der Waals surface area contributed by atoms with Crippen molar-refractivity contribution in [2.45, 2.75) is 13.2 Å². The van der Waals surface area contributed by atoms with Crippen molar-refractivity contribution in [1.29, 1.82) is 0 Å². The molecule has 1 rings (SSSR count). The maximum atomic E-state index is 11.3. The Kier molecular flexibility index (Phi) is 3.87. The molecule has 1 amide bonds. The molecule has 7 heteroatoms. The molecule has 0 spiro atoms. The van der Waals surface area contributed by atoms with Gasteiger partial charge in [0.1, 0.15) is 0 Å². The van der Waals surface area contributed by atoms with Gasteiger partial charge in [0.2, 0.25) is 0 Å². The molecular weight excluding hydrogens is 210 g/mol. The summed E-state index contributed by atoms with van der Waals surface area (Å²) in [6.45, 7) is 1.95. The van der Waals surface area contributed by atoms with Gasteiger partial charge in [0, 0.05) is 0 Å². The minimum atomic E-state index is -1.38. The number of nitrogens with zero attached hydrogens (tertiary/aromatic N) is 1. The number of amides is 1. The van der Waals surface area contributed by atoms with Gasteiger partial charge in [-0.3, -0.25) is 4.90 Å². The fourth-order valence-corrected chi connectivity index (χ4v) is 2.04. The van der Waals surface area contributed by atoms with E-state index in [0.717, 1.165) is 0 Å². The predicted octanol–water partition coefficient (Wildman–Crippen LogP) is 1.17. The highest BCUT2D eigenvalue weighted by Gasteiger charge is 2.33. The molecule has 0 aromatic rings. The molecule has 0 aliphatic carbocycles. The van der Waals surface area contributed by atoms with Crippen LogP contribution in [-0.2, 0) is 9.47 Å². The Morgan fingerprint density at radius 1 is 1.64 bits per heavy atom. The van der Waals surface area contributed by atoms with E-state index in [1.807, 2.05) is 0 Å². The largest absolute Gasteiger partial charge is 0.507 e. The molecule has 80 valence electrons. The van der Waals surface area contributed by atoms with Crippen LogP contribution in [0.25, 0.3) is 0 Å². The zero-order valence-corrected chi connectivity index (χ0v) is 8.45. The Morgan fingerprint density at radius 2 is 2.36 bits per heavy atom. The number of hydrogen-bond acceptors (Lipinski definition) is 5. The monoisotopic (exact) mass is 221 g/mol. The lowest BCUT2D eigenvalue weighted by Crippen LogP contribution is -2.39. The molecule has 1 fully saturated rings. The quantitative estimate of drug-likeness (QED) is 0.705. The van der Waals surface area contributed by atoms with Gasteiger partial charge in [0.05, 0.1) is 18.2 Å². The molecular formula is C7H11NO5S. The van der Waals surface area contributed by atoms with Crippen molar-refractivity contribution in [2.24, 2.45) is 0 Å². The van der Waals surface area contributed by atoms with E-state index in [1.165, 1.54) is 16.7 Å². The van der Waals surface area contributed by atoms with E-state index in [1.54, 1.807) is 6.92 Å². The van der Waals surface area contributed by atoms with Crippen LogP contribution in [-0.4, -0.2) is 46.7 Å². The molecule has 0 bridgehead atoms. The van der Waals surface area contributed by atoms with Crippen LogP contribution in [0.1, 0.15) is 6.92 Å². The third-order valence-corrected chi connectivity index (χ3v) is 2.56. The lowest BCUT2D eigenvalue weighted by Gasteiger charge is -2.21. The van der Waals surface area contributed by atoms with E-state index < -0.39 is 18.5 Å². The van der Waals surface area contributed by atoms with Crippen molar-refractivity contribution in [3.8, 4) is 0 Å². The maximum absolute atomic E-state index is 11.3. The molecule has 1 aliphatic rings. The van der Waals surface area contributed by atoms with Crippen LogP contribution in [0.5, 0.6) is 0 Å². The van der Waals surface area contributed by atoms with Gasteiger partial charge in [-0.05, 0) is 6.92 Å². The van der Waals surface area contributed by atoms with Crippen LogP contribution in [0.15, 0.2) is 0 Å². The van der Waals surface area contributed by atoms with Gasteiger partial charge in [0.25, 0.3) is 0 Å². The third-order valence-electron chi connectivity index (χ3n) is 1.58. The second kappa shape index (κ2) is 4.94. The lowest BCUT2D eigenvalue weighted by molar-refractivity contribution is -0.00693. The highest BCUT2D eigenvalue weighted by molar-refractivity contribution is 7.99. The Labute approximate surface area is 85.2 Å².